The highest BCUT2D eigenvalue weighted by atomic mass is 32.1. The highest BCUT2D eigenvalue weighted by Crippen LogP contribution is 2.34. The molecular weight excluding hydrogens is 328 g/mol. The number of aromatic nitrogens is 2. The average Bonchev–Trinajstić information content (AvgIpc) is 3.27. The van der Waals surface area contributed by atoms with Crippen molar-refractivity contribution in [2.24, 2.45) is 17.0 Å². The van der Waals surface area contributed by atoms with Gasteiger partial charge in [-0.2, -0.15) is 4.99 Å². The Labute approximate surface area is 140 Å². The second-order valence-corrected chi connectivity index (χ2v) is 6.82. The Morgan fingerprint density at radius 3 is 3.00 bits per heavy atom. The summed E-state index contributed by atoms with van der Waals surface area (Å²) >= 11 is 2.88. The number of aromatic hydroxyl groups is 1. The van der Waals surface area contributed by atoms with E-state index in [0.717, 1.165) is 21.7 Å². The van der Waals surface area contributed by atoms with E-state index >= 15 is 0 Å². The molecule has 0 spiro atoms. The van der Waals surface area contributed by atoms with E-state index in [2.05, 4.69) is 15.0 Å². The number of aliphatic imine (C=N–C) groups is 1. The van der Waals surface area contributed by atoms with Crippen LogP contribution in [-0.4, -0.2) is 20.9 Å². The molecule has 1 aliphatic rings. The van der Waals surface area contributed by atoms with Crippen LogP contribution in [0.5, 0.6) is 5.88 Å². The van der Waals surface area contributed by atoms with E-state index in [4.69, 9.17) is 0 Å². The minimum absolute atomic E-state index is 0.190. The molecule has 0 aliphatic carbocycles. The number of nitrogens with zero attached hydrogens (tertiary/aromatic N) is 4. The summed E-state index contributed by atoms with van der Waals surface area (Å²) in [5.41, 5.74) is 3.01. The molecule has 0 unspecified atom stereocenters. The molecule has 1 N–H and O–H groups in total. The van der Waals surface area contributed by atoms with Gasteiger partial charge in [-0.25, -0.2) is 4.98 Å². The molecule has 0 fully saturated rings. The monoisotopic (exact) mass is 340 g/mol. The lowest BCUT2D eigenvalue weighted by Gasteiger charge is -1.98. The maximum Gasteiger partial charge on any atom is 0.211 e. The van der Waals surface area contributed by atoms with Crippen LogP contribution in [0.1, 0.15) is 10.4 Å². The molecule has 0 amide bonds. The number of para-hydroxylation sites is 1. The van der Waals surface area contributed by atoms with Crippen LogP contribution in [0.15, 0.2) is 45.8 Å². The van der Waals surface area contributed by atoms with Crippen LogP contribution in [0, 0.1) is 0 Å². The van der Waals surface area contributed by atoms with Gasteiger partial charge in [-0.15, -0.1) is 11.3 Å². The van der Waals surface area contributed by atoms with Crippen LogP contribution in [0.25, 0.3) is 11.6 Å². The first-order valence-electron chi connectivity index (χ1n) is 6.90. The van der Waals surface area contributed by atoms with E-state index in [9.17, 15) is 5.11 Å². The van der Waals surface area contributed by atoms with Crippen molar-refractivity contribution in [3.05, 3.63) is 51.1 Å². The first kappa shape index (κ1) is 14.1. The molecule has 0 atom stereocenters. The van der Waals surface area contributed by atoms with E-state index in [1.165, 1.54) is 22.7 Å². The summed E-state index contributed by atoms with van der Waals surface area (Å²) in [5, 5.41) is 12.9. The molecule has 0 saturated heterocycles. The first-order valence-corrected chi connectivity index (χ1v) is 8.60. The zero-order valence-corrected chi connectivity index (χ0v) is 13.8. The van der Waals surface area contributed by atoms with Gasteiger partial charge in [0.2, 0.25) is 11.0 Å². The van der Waals surface area contributed by atoms with Crippen molar-refractivity contribution in [1.82, 2.24) is 9.55 Å². The highest BCUT2D eigenvalue weighted by molar-refractivity contribution is 7.13. The fraction of sp³-hybridized carbons (Fsp3) is 0.0625. The number of rotatable bonds is 2. The van der Waals surface area contributed by atoms with Crippen molar-refractivity contribution in [1.29, 1.82) is 0 Å². The SMILES string of the molecule is Cn1c(O)c(/C=C2\C=Nc3ccccc32)s/c1=N/c1nccs1. The average molecular weight is 340 g/mol. The van der Waals surface area contributed by atoms with Gasteiger partial charge in [0.15, 0.2) is 4.80 Å². The quantitative estimate of drug-likeness (QED) is 0.772. The Bertz CT molecular complexity index is 994. The Balaban J connectivity index is 1.80. The lowest BCUT2D eigenvalue weighted by molar-refractivity contribution is 0.427. The highest BCUT2D eigenvalue weighted by Gasteiger charge is 2.14. The number of hydrogen-bond acceptors (Lipinski definition) is 6. The van der Waals surface area contributed by atoms with Crippen LogP contribution in [0.3, 0.4) is 0 Å². The molecule has 0 radical (unpaired) electrons. The molecule has 1 aromatic carbocycles. The van der Waals surface area contributed by atoms with Gasteiger partial charge in [-0.1, -0.05) is 29.5 Å². The standard InChI is InChI=1S/C16H12N4OS2/c1-20-14(21)13(23-16(20)19-15-17-6-7-22-15)8-10-9-18-12-5-3-2-4-11(10)12/h2-9,21H,1H3/b10-8+,19-16+. The molecule has 3 heterocycles. The van der Waals surface area contributed by atoms with Gasteiger partial charge >= 0.3 is 0 Å². The van der Waals surface area contributed by atoms with E-state index in [1.54, 1.807) is 17.8 Å². The van der Waals surface area contributed by atoms with Gasteiger partial charge in [0, 0.05) is 36.0 Å². The third kappa shape index (κ3) is 2.54. The summed E-state index contributed by atoms with van der Waals surface area (Å²) in [6.45, 7) is 0. The summed E-state index contributed by atoms with van der Waals surface area (Å²) in [7, 11) is 1.79. The van der Waals surface area contributed by atoms with Crippen LogP contribution in [-0.2, 0) is 7.05 Å². The molecule has 3 aromatic rings. The van der Waals surface area contributed by atoms with Crippen molar-refractivity contribution in [2.45, 2.75) is 0 Å². The number of benzene rings is 1. The summed E-state index contributed by atoms with van der Waals surface area (Å²) in [6.07, 6.45) is 5.48. The van der Waals surface area contributed by atoms with Gasteiger partial charge in [0.25, 0.3) is 0 Å². The molecule has 0 saturated carbocycles. The van der Waals surface area contributed by atoms with E-state index < -0.39 is 0 Å². The molecule has 7 heteroatoms. The Kier molecular flexibility index (Phi) is 3.44. The third-order valence-corrected chi connectivity index (χ3v) is 5.21. The van der Waals surface area contributed by atoms with Gasteiger partial charge in [0.1, 0.15) is 0 Å². The second-order valence-electron chi connectivity index (χ2n) is 4.93. The predicted octanol–water partition coefficient (Wildman–Crippen LogP) is 3.74. The van der Waals surface area contributed by atoms with Crippen molar-refractivity contribution >= 4 is 51.4 Å². The lowest BCUT2D eigenvalue weighted by Crippen LogP contribution is -2.08. The smallest absolute Gasteiger partial charge is 0.211 e. The molecule has 4 rings (SSSR count). The Hall–Kier alpha value is -2.51. The summed E-state index contributed by atoms with van der Waals surface area (Å²) < 4.78 is 1.66. The van der Waals surface area contributed by atoms with Crippen molar-refractivity contribution in [3.8, 4) is 5.88 Å². The van der Waals surface area contributed by atoms with Crippen molar-refractivity contribution < 1.29 is 5.11 Å². The van der Waals surface area contributed by atoms with Gasteiger partial charge < -0.3 is 5.11 Å². The summed E-state index contributed by atoms with van der Waals surface area (Å²) in [6, 6.07) is 7.95. The minimum atomic E-state index is 0.190. The molecule has 114 valence electrons. The third-order valence-electron chi connectivity index (χ3n) is 3.48. The minimum Gasteiger partial charge on any atom is -0.493 e. The first-order chi connectivity index (χ1) is 11.2. The Morgan fingerprint density at radius 2 is 2.17 bits per heavy atom. The largest absolute Gasteiger partial charge is 0.493 e. The van der Waals surface area contributed by atoms with Gasteiger partial charge in [-0.3, -0.25) is 9.56 Å². The fourth-order valence-electron chi connectivity index (χ4n) is 2.31. The fourth-order valence-corrected chi connectivity index (χ4v) is 3.84. The topological polar surface area (TPSA) is 62.8 Å². The van der Waals surface area contributed by atoms with Crippen LogP contribution in [0.2, 0.25) is 0 Å². The maximum atomic E-state index is 10.4. The lowest BCUT2D eigenvalue weighted by atomic mass is 10.1. The zero-order chi connectivity index (χ0) is 15.8. The van der Waals surface area contributed by atoms with Crippen LogP contribution < -0.4 is 4.80 Å². The molecular formula is C16H12N4OS2. The Morgan fingerprint density at radius 1 is 1.30 bits per heavy atom. The van der Waals surface area contributed by atoms with Gasteiger partial charge in [0.05, 0.1) is 10.6 Å². The van der Waals surface area contributed by atoms with Gasteiger partial charge in [-0.05, 0) is 12.1 Å². The second kappa shape index (κ2) is 5.60. The van der Waals surface area contributed by atoms with Crippen molar-refractivity contribution in [3.63, 3.8) is 0 Å². The van der Waals surface area contributed by atoms with Crippen LogP contribution in [0.4, 0.5) is 10.8 Å². The molecule has 1 aliphatic heterocycles. The summed E-state index contributed by atoms with van der Waals surface area (Å²) in [4.78, 5) is 14.5. The van der Waals surface area contributed by atoms with Crippen LogP contribution >= 0.6 is 22.7 Å². The van der Waals surface area contributed by atoms with E-state index in [1.807, 2.05) is 41.9 Å². The van der Waals surface area contributed by atoms with Crippen molar-refractivity contribution in [2.75, 3.05) is 0 Å². The van der Waals surface area contributed by atoms with E-state index in [0.29, 0.717) is 9.93 Å². The zero-order valence-electron chi connectivity index (χ0n) is 12.2. The number of fused-ring (bicyclic) bond motifs is 1. The number of allylic oxidation sites excluding steroid dienone is 1. The molecule has 23 heavy (non-hydrogen) atoms. The maximum absolute atomic E-state index is 10.4. The molecule has 2 aromatic heterocycles. The van der Waals surface area contributed by atoms with E-state index in [-0.39, 0.29) is 5.88 Å². The molecule has 0 bridgehead atoms. The number of hydrogen-bond donors (Lipinski definition) is 1. The predicted molar refractivity (Wildman–Crippen MR) is 94.8 cm³/mol. The number of thiazole rings is 2. The normalized spacial score (nSPS) is 15.5. The molecule has 5 nitrogen and oxygen atoms in total. The summed E-state index contributed by atoms with van der Waals surface area (Å²) in [5.74, 6) is 0.190.